The minimum absolute atomic E-state index is 0.214. The summed E-state index contributed by atoms with van der Waals surface area (Å²) in [7, 11) is 0. The highest BCUT2D eigenvalue weighted by Gasteiger charge is 2.33. The molecule has 0 radical (unpaired) electrons. The van der Waals surface area contributed by atoms with Crippen LogP contribution in [0, 0.1) is 12.7 Å². The van der Waals surface area contributed by atoms with E-state index < -0.39 is 0 Å². The highest BCUT2D eigenvalue weighted by Crippen LogP contribution is 2.34. The second-order valence-corrected chi connectivity index (χ2v) is 5.01. The highest BCUT2D eigenvalue weighted by atomic mass is 19.1. The lowest BCUT2D eigenvalue weighted by atomic mass is 10.0. The molecule has 4 nitrogen and oxygen atoms in total. The van der Waals surface area contributed by atoms with E-state index in [2.05, 4.69) is 5.16 Å². The largest absolute Gasteiger partial charge is 0.351 e. The molecule has 0 aliphatic carbocycles. The van der Waals surface area contributed by atoms with Gasteiger partial charge in [0, 0.05) is 18.2 Å². The Morgan fingerprint density at radius 3 is 2.95 bits per heavy atom. The molecule has 1 atom stereocenters. The lowest BCUT2D eigenvalue weighted by Gasteiger charge is -2.24. The molecule has 0 spiro atoms. The second-order valence-electron chi connectivity index (χ2n) is 5.01. The van der Waals surface area contributed by atoms with Crippen molar-refractivity contribution < 1.29 is 13.7 Å². The molecular weight excluding hydrogens is 259 g/mol. The molecule has 5 heteroatoms. The zero-order chi connectivity index (χ0) is 14.1. The van der Waals surface area contributed by atoms with Crippen LogP contribution in [0.15, 0.2) is 34.9 Å². The van der Waals surface area contributed by atoms with Crippen molar-refractivity contribution >= 4 is 5.91 Å². The van der Waals surface area contributed by atoms with Gasteiger partial charge in [-0.3, -0.25) is 4.79 Å². The molecule has 0 N–H and O–H groups in total. The molecule has 104 valence electrons. The molecule has 1 saturated heterocycles. The van der Waals surface area contributed by atoms with Gasteiger partial charge in [0.1, 0.15) is 5.82 Å². The number of amides is 1. The summed E-state index contributed by atoms with van der Waals surface area (Å²) >= 11 is 0. The quantitative estimate of drug-likeness (QED) is 0.845. The Bertz CT molecular complexity index is 638. The molecule has 2 aromatic rings. The molecule has 2 heterocycles. The fourth-order valence-corrected chi connectivity index (χ4v) is 2.68. The molecule has 0 saturated carbocycles. The number of rotatable bonds is 2. The number of carbonyl (C=O) groups is 1. The lowest BCUT2D eigenvalue weighted by Crippen LogP contribution is -2.30. The van der Waals surface area contributed by atoms with Gasteiger partial charge in [-0.25, -0.2) is 4.39 Å². The van der Waals surface area contributed by atoms with Gasteiger partial charge < -0.3 is 9.42 Å². The van der Waals surface area contributed by atoms with Crippen LogP contribution in [0.25, 0.3) is 0 Å². The molecule has 1 aliphatic heterocycles. The Hall–Kier alpha value is -2.17. The zero-order valence-electron chi connectivity index (χ0n) is 11.2. The number of halogens is 1. The summed E-state index contributed by atoms with van der Waals surface area (Å²) in [6.07, 6.45) is 1.62. The van der Waals surface area contributed by atoms with E-state index in [0.717, 1.165) is 12.8 Å². The number of benzene rings is 1. The van der Waals surface area contributed by atoms with Crippen LogP contribution in [0.5, 0.6) is 0 Å². The SMILES string of the molecule is Cc1cc(C(=O)N2CCC[C@H]2c2ccccc2F)on1. The predicted molar refractivity (Wildman–Crippen MR) is 70.7 cm³/mol. The van der Waals surface area contributed by atoms with Crippen molar-refractivity contribution in [2.75, 3.05) is 6.54 Å². The maximum Gasteiger partial charge on any atom is 0.292 e. The van der Waals surface area contributed by atoms with Crippen molar-refractivity contribution in [3.05, 3.63) is 53.2 Å². The average molecular weight is 274 g/mol. The topological polar surface area (TPSA) is 46.3 Å². The standard InChI is InChI=1S/C15H15FN2O2/c1-10-9-14(20-17-10)15(19)18-8-4-7-13(18)11-5-2-3-6-12(11)16/h2-3,5-6,9,13H,4,7-8H2,1H3/t13-/m0/s1. The Balaban J connectivity index is 1.90. The molecule has 1 fully saturated rings. The number of nitrogens with zero attached hydrogens (tertiary/aromatic N) is 2. The third-order valence-corrected chi connectivity index (χ3v) is 3.62. The van der Waals surface area contributed by atoms with Crippen molar-refractivity contribution in [3.63, 3.8) is 0 Å². The van der Waals surface area contributed by atoms with Crippen LogP contribution in [0.3, 0.4) is 0 Å². The first-order chi connectivity index (χ1) is 9.66. The second kappa shape index (κ2) is 5.07. The summed E-state index contributed by atoms with van der Waals surface area (Å²) in [4.78, 5) is 14.1. The smallest absolute Gasteiger partial charge is 0.292 e. The van der Waals surface area contributed by atoms with Gasteiger partial charge >= 0.3 is 0 Å². The minimum atomic E-state index is -0.272. The molecule has 0 bridgehead atoms. The van der Waals surface area contributed by atoms with Crippen molar-refractivity contribution in [3.8, 4) is 0 Å². The monoisotopic (exact) mass is 274 g/mol. The van der Waals surface area contributed by atoms with E-state index in [4.69, 9.17) is 4.52 Å². The van der Waals surface area contributed by atoms with E-state index in [-0.39, 0.29) is 23.5 Å². The van der Waals surface area contributed by atoms with E-state index in [9.17, 15) is 9.18 Å². The number of aryl methyl sites for hydroxylation is 1. The molecule has 1 amide bonds. The molecule has 0 unspecified atom stereocenters. The lowest BCUT2D eigenvalue weighted by molar-refractivity contribution is 0.0691. The summed E-state index contributed by atoms with van der Waals surface area (Å²) in [5, 5.41) is 3.73. The summed E-state index contributed by atoms with van der Waals surface area (Å²) in [5.74, 6) is -0.284. The maximum absolute atomic E-state index is 13.9. The van der Waals surface area contributed by atoms with Crippen LogP contribution in [-0.4, -0.2) is 22.5 Å². The van der Waals surface area contributed by atoms with Crippen LogP contribution in [0.2, 0.25) is 0 Å². The van der Waals surface area contributed by atoms with Gasteiger partial charge in [-0.15, -0.1) is 0 Å². The first kappa shape index (κ1) is 12.8. The van der Waals surface area contributed by atoms with E-state index in [1.165, 1.54) is 6.07 Å². The summed E-state index contributed by atoms with van der Waals surface area (Å²) in [6.45, 7) is 2.37. The van der Waals surface area contributed by atoms with E-state index in [1.54, 1.807) is 36.1 Å². The van der Waals surface area contributed by atoms with Gasteiger partial charge in [-0.05, 0) is 25.8 Å². The van der Waals surface area contributed by atoms with Crippen molar-refractivity contribution in [2.45, 2.75) is 25.8 Å². The van der Waals surface area contributed by atoms with Crippen LogP contribution >= 0.6 is 0 Å². The molecular formula is C15H15FN2O2. The number of aromatic nitrogens is 1. The highest BCUT2D eigenvalue weighted by molar-refractivity contribution is 5.92. The zero-order valence-corrected chi connectivity index (χ0v) is 11.2. The fraction of sp³-hybridized carbons (Fsp3) is 0.333. The molecule has 20 heavy (non-hydrogen) atoms. The van der Waals surface area contributed by atoms with Gasteiger partial charge in [0.15, 0.2) is 0 Å². The molecule has 1 aromatic heterocycles. The van der Waals surface area contributed by atoms with Crippen LogP contribution in [0.4, 0.5) is 4.39 Å². The summed E-state index contributed by atoms with van der Waals surface area (Å²) in [6, 6.07) is 7.98. The first-order valence-corrected chi connectivity index (χ1v) is 6.65. The molecule has 1 aromatic carbocycles. The summed E-state index contributed by atoms with van der Waals surface area (Å²) in [5.41, 5.74) is 1.23. The maximum atomic E-state index is 13.9. The van der Waals surface area contributed by atoms with Crippen molar-refractivity contribution in [2.24, 2.45) is 0 Å². The number of hydrogen-bond donors (Lipinski definition) is 0. The van der Waals surface area contributed by atoms with Crippen LogP contribution in [0.1, 0.15) is 40.7 Å². The normalized spacial score (nSPS) is 18.5. The minimum Gasteiger partial charge on any atom is -0.351 e. The Labute approximate surface area is 116 Å². The third kappa shape index (κ3) is 2.19. The Morgan fingerprint density at radius 1 is 1.45 bits per heavy atom. The van der Waals surface area contributed by atoms with E-state index >= 15 is 0 Å². The van der Waals surface area contributed by atoms with Gasteiger partial charge in [0.05, 0.1) is 11.7 Å². The Kier molecular flexibility index (Phi) is 3.26. The Morgan fingerprint density at radius 2 is 2.25 bits per heavy atom. The van der Waals surface area contributed by atoms with Gasteiger partial charge in [-0.2, -0.15) is 0 Å². The van der Waals surface area contributed by atoms with Gasteiger partial charge in [0.2, 0.25) is 5.76 Å². The number of hydrogen-bond acceptors (Lipinski definition) is 3. The first-order valence-electron chi connectivity index (χ1n) is 6.65. The van der Waals surface area contributed by atoms with E-state index in [0.29, 0.717) is 17.8 Å². The van der Waals surface area contributed by atoms with Crippen molar-refractivity contribution in [1.29, 1.82) is 0 Å². The number of likely N-dealkylation sites (tertiary alicyclic amines) is 1. The molecule has 1 aliphatic rings. The van der Waals surface area contributed by atoms with Gasteiger partial charge in [0.25, 0.3) is 5.91 Å². The summed E-state index contributed by atoms with van der Waals surface area (Å²) < 4.78 is 18.9. The van der Waals surface area contributed by atoms with E-state index in [1.807, 2.05) is 0 Å². The van der Waals surface area contributed by atoms with Crippen LogP contribution < -0.4 is 0 Å². The number of carbonyl (C=O) groups excluding carboxylic acids is 1. The van der Waals surface area contributed by atoms with Crippen molar-refractivity contribution in [1.82, 2.24) is 10.1 Å². The predicted octanol–water partition coefficient (Wildman–Crippen LogP) is 3.10. The van der Waals surface area contributed by atoms with Gasteiger partial charge in [-0.1, -0.05) is 23.4 Å². The molecule has 3 rings (SSSR count). The average Bonchev–Trinajstić information content (AvgIpc) is 3.07. The fourth-order valence-electron chi connectivity index (χ4n) is 2.68. The van der Waals surface area contributed by atoms with Crippen LogP contribution in [-0.2, 0) is 0 Å². The third-order valence-electron chi connectivity index (χ3n) is 3.62.